The van der Waals surface area contributed by atoms with E-state index >= 15 is 0 Å². The lowest BCUT2D eigenvalue weighted by atomic mass is 10.0. The monoisotopic (exact) mass is 174 g/mol. The molecule has 1 aliphatic carbocycles. The molecule has 0 saturated carbocycles. The Hall–Kier alpha value is -1.53. The van der Waals surface area contributed by atoms with E-state index in [1.165, 1.54) is 0 Å². The molecule has 0 radical (unpaired) electrons. The lowest BCUT2D eigenvalue weighted by Gasteiger charge is -2.07. The number of phenols is 1. The molecule has 1 atom stereocenters. The molecular weight excluding hydrogens is 164 g/mol. The molecule has 0 aliphatic heterocycles. The molecule has 0 saturated heterocycles. The van der Waals surface area contributed by atoms with Crippen LogP contribution in [0.5, 0.6) is 5.75 Å². The summed E-state index contributed by atoms with van der Waals surface area (Å²) >= 11 is 0. The van der Waals surface area contributed by atoms with Crippen molar-refractivity contribution in [1.82, 2.24) is 0 Å². The molecule has 0 spiro atoms. The van der Waals surface area contributed by atoms with Crippen molar-refractivity contribution in [2.75, 3.05) is 0 Å². The van der Waals surface area contributed by atoms with Gasteiger partial charge >= 0.3 is 0 Å². The summed E-state index contributed by atoms with van der Waals surface area (Å²) in [7, 11) is 0. The van der Waals surface area contributed by atoms with Gasteiger partial charge in [-0.2, -0.15) is 5.26 Å². The van der Waals surface area contributed by atoms with E-state index in [2.05, 4.69) is 0 Å². The van der Waals surface area contributed by atoms with E-state index in [0.717, 1.165) is 24.0 Å². The molecule has 1 aromatic carbocycles. The molecule has 3 nitrogen and oxygen atoms in total. The van der Waals surface area contributed by atoms with E-state index in [0.29, 0.717) is 5.56 Å². The highest BCUT2D eigenvalue weighted by molar-refractivity contribution is 5.54. The topological polar surface area (TPSA) is 70.0 Å². The zero-order valence-electron chi connectivity index (χ0n) is 7.12. The van der Waals surface area contributed by atoms with Crippen molar-refractivity contribution in [1.29, 1.82) is 5.26 Å². The summed E-state index contributed by atoms with van der Waals surface area (Å²) in [5.74, 6) is 0.0404. The number of benzene rings is 1. The first-order chi connectivity index (χ1) is 6.24. The largest absolute Gasteiger partial charge is 0.507 e. The van der Waals surface area contributed by atoms with Crippen LogP contribution in [0.4, 0.5) is 0 Å². The molecule has 3 N–H and O–H groups in total. The van der Waals surface area contributed by atoms with Crippen molar-refractivity contribution in [3.05, 3.63) is 28.8 Å². The quantitative estimate of drug-likeness (QED) is 0.621. The summed E-state index contributed by atoms with van der Waals surface area (Å²) in [6, 6.07) is 5.32. The lowest BCUT2D eigenvalue weighted by molar-refractivity contribution is 0.472. The average molecular weight is 174 g/mol. The Labute approximate surface area is 76.4 Å². The minimum atomic E-state index is -0.0863. The number of hydrogen-bond acceptors (Lipinski definition) is 3. The predicted molar refractivity (Wildman–Crippen MR) is 48.1 cm³/mol. The molecule has 3 heteroatoms. The number of fused-ring (bicyclic) bond motifs is 1. The molecule has 13 heavy (non-hydrogen) atoms. The summed E-state index contributed by atoms with van der Waals surface area (Å²) in [4.78, 5) is 0. The molecule has 1 aliphatic rings. The van der Waals surface area contributed by atoms with Crippen LogP contribution < -0.4 is 5.73 Å². The smallest absolute Gasteiger partial charge is 0.133 e. The van der Waals surface area contributed by atoms with E-state index in [-0.39, 0.29) is 11.8 Å². The number of aromatic hydroxyl groups is 1. The number of phenolic OH excluding ortho intramolecular Hbond substituents is 1. The number of nitriles is 1. The highest BCUT2D eigenvalue weighted by atomic mass is 16.3. The predicted octanol–water partition coefficient (Wildman–Crippen LogP) is 1.21. The van der Waals surface area contributed by atoms with Crippen LogP contribution in [-0.2, 0) is 6.42 Å². The first-order valence-electron chi connectivity index (χ1n) is 4.24. The maximum Gasteiger partial charge on any atom is 0.133 e. The minimum Gasteiger partial charge on any atom is -0.507 e. The van der Waals surface area contributed by atoms with Gasteiger partial charge in [0.2, 0.25) is 0 Å². The van der Waals surface area contributed by atoms with Crippen molar-refractivity contribution >= 4 is 0 Å². The van der Waals surface area contributed by atoms with Crippen molar-refractivity contribution in [2.24, 2.45) is 5.73 Å². The summed E-state index contributed by atoms with van der Waals surface area (Å²) in [5, 5.41) is 18.2. The molecule has 0 aromatic heterocycles. The fourth-order valence-corrected chi connectivity index (χ4v) is 1.87. The maximum atomic E-state index is 9.41. The third kappa shape index (κ3) is 1.07. The van der Waals surface area contributed by atoms with Gasteiger partial charge in [-0.25, -0.2) is 0 Å². The number of rotatable bonds is 0. The van der Waals surface area contributed by atoms with Crippen molar-refractivity contribution < 1.29 is 5.11 Å². The van der Waals surface area contributed by atoms with E-state index in [1.807, 2.05) is 12.1 Å². The molecule has 0 unspecified atom stereocenters. The van der Waals surface area contributed by atoms with Gasteiger partial charge in [-0.15, -0.1) is 0 Å². The number of hydrogen-bond donors (Lipinski definition) is 2. The summed E-state index contributed by atoms with van der Waals surface area (Å²) in [5.41, 5.74) is 8.11. The van der Waals surface area contributed by atoms with Crippen LogP contribution in [0.2, 0.25) is 0 Å². The van der Waals surface area contributed by atoms with Gasteiger partial charge in [0.05, 0.1) is 5.56 Å². The van der Waals surface area contributed by atoms with E-state index in [4.69, 9.17) is 11.0 Å². The Morgan fingerprint density at radius 3 is 3.00 bits per heavy atom. The Bertz CT molecular complexity index is 393. The second kappa shape index (κ2) is 2.75. The van der Waals surface area contributed by atoms with Crippen molar-refractivity contribution in [3.8, 4) is 11.8 Å². The molecular formula is C10H10N2O. The van der Waals surface area contributed by atoms with Gasteiger partial charge in [-0.05, 0) is 30.0 Å². The van der Waals surface area contributed by atoms with Gasteiger partial charge < -0.3 is 10.8 Å². The Kier molecular flexibility index (Phi) is 1.71. The van der Waals surface area contributed by atoms with Gasteiger partial charge in [0.25, 0.3) is 0 Å². The molecule has 2 rings (SSSR count). The first kappa shape index (κ1) is 8.09. The molecule has 0 fully saturated rings. The highest BCUT2D eigenvalue weighted by Gasteiger charge is 2.24. The molecule has 0 heterocycles. The molecule has 66 valence electrons. The summed E-state index contributed by atoms with van der Waals surface area (Å²) < 4.78 is 0. The average Bonchev–Trinajstić information content (AvgIpc) is 2.49. The second-order valence-electron chi connectivity index (χ2n) is 3.29. The first-order valence-corrected chi connectivity index (χ1v) is 4.24. The highest BCUT2D eigenvalue weighted by Crippen LogP contribution is 2.35. The third-order valence-corrected chi connectivity index (χ3v) is 2.52. The van der Waals surface area contributed by atoms with Crippen LogP contribution in [0.15, 0.2) is 12.1 Å². The fourth-order valence-electron chi connectivity index (χ4n) is 1.87. The maximum absolute atomic E-state index is 9.41. The van der Waals surface area contributed by atoms with Gasteiger partial charge in [0, 0.05) is 6.04 Å². The zero-order valence-corrected chi connectivity index (χ0v) is 7.12. The fraction of sp³-hybridized carbons (Fsp3) is 0.300. The molecule has 0 bridgehead atoms. The lowest BCUT2D eigenvalue weighted by Crippen LogP contribution is -2.07. The van der Waals surface area contributed by atoms with Crippen molar-refractivity contribution in [3.63, 3.8) is 0 Å². The van der Waals surface area contributed by atoms with Gasteiger partial charge in [0.15, 0.2) is 0 Å². The minimum absolute atomic E-state index is 0.0404. The van der Waals surface area contributed by atoms with Crippen LogP contribution in [0.25, 0.3) is 0 Å². The Morgan fingerprint density at radius 2 is 2.31 bits per heavy atom. The SMILES string of the molecule is N#Cc1c(O)ccc2c1[C@@H](N)CC2. The normalized spacial score (nSPS) is 19.5. The summed E-state index contributed by atoms with van der Waals surface area (Å²) in [6.07, 6.45) is 1.78. The van der Waals surface area contributed by atoms with E-state index < -0.39 is 0 Å². The number of aryl methyl sites for hydroxylation is 1. The molecule has 0 amide bonds. The number of nitrogens with zero attached hydrogens (tertiary/aromatic N) is 1. The third-order valence-electron chi connectivity index (χ3n) is 2.52. The molecule has 1 aromatic rings. The Morgan fingerprint density at radius 1 is 1.54 bits per heavy atom. The van der Waals surface area contributed by atoms with Gasteiger partial charge in [-0.3, -0.25) is 0 Å². The van der Waals surface area contributed by atoms with Crippen LogP contribution in [0, 0.1) is 11.3 Å². The van der Waals surface area contributed by atoms with Gasteiger partial charge in [-0.1, -0.05) is 6.07 Å². The summed E-state index contributed by atoms with van der Waals surface area (Å²) in [6.45, 7) is 0. The van der Waals surface area contributed by atoms with Crippen LogP contribution in [-0.4, -0.2) is 5.11 Å². The van der Waals surface area contributed by atoms with E-state index in [9.17, 15) is 5.11 Å². The number of nitrogens with two attached hydrogens (primary N) is 1. The van der Waals surface area contributed by atoms with Crippen LogP contribution >= 0.6 is 0 Å². The zero-order chi connectivity index (χ0) is 9.42. The van der Waals surface area contributed by atoms with Crippen molar-refractivity contribution in [2.45, 2.75) is 18.9 Å². The van der Waals surface area contributed by atoms with E-state index in [1.54, 1.807) is 6.07 Å². The standard InChI is InChI=1S/C10H10N2O/c11-5-7-9(13)4-2-6-1-3-8(12)10(6)7/h2,4,8,13H,1,3,12H2/t8-/m0/s1. The van der Waals surface area contributed by atoms with Gasteiger partial charge in [0.1, 0.15) is 11.8 Å². The Balaban J connectivity index is 2.69. The van der Waals surface area contributed by atoms with Crippen LogP contribution in [0.3, 0.4) is 0 Å². The van der Waals surface area contributed by atoms with Crippen LogP contribution in [0.1, 0.15) is 29.2 Å². The second-order valence-corrected chi connectivity index (χ2v) is 3.29.